The van der Waals surface area contributed by atoms with E-state index in [9.17, 15) is 4.39 Å². The summed E-state index contributed by atoms with van der Waals surface area (Å²) in [5.41, 5.74) is 2.78. The summed E-state index contributed by atoms with van der Waals surface area (Å²) in [6.07, 6.45) is 4.72. The van der Waals surface area contributed by atoms with Crippen LogP contribution in [0.2, 0.25) is 5.02 Å². The maximum atomic E-state index is 13.7. The highest BCUT2D eigenvalue weighted by Gasteiger charge is 2.40. The van der Waals surface area contributed by atoms with Gasteiger partial charge in [-0.25, -0.2) is 4.39 Å². The van der Waals surface area contributed by atoms with Crippen LogP contribution in [0.1, 0.15) is 36.8 Å². The molecule has 1 aliphatic rings. The number of hydrogen-bond donors (Lipinski definition) is 1. The van der Waals surface area contributed by atoms with Gasteiger partial charge in [-0.1, -0.05) is 24.6 Å². The summed E-state index contributed by atoms with van der Waals surface area (Å²) in [6.45, 7) is 2.96. The van der Waals surface area contributed by atoms with Crippen LogP contribution in [0.5, 0.6) is 0 Å². The van der Waals surface area contributed by atoms with Gasteiger partial charge in [-0.2, -0.15) is 0 Å². The Hall–Kier alpha value is -2.44. The minimum absolute atomic E-state index is 0.0406. The monoisotopic (exact) mass is 414 g/mol. The second-order valence-electron chi connectivity index (χ2n) is 6.72. The number of halogens is 2. The third kappa shape index (κ3) is 3.38. The van der Waals surface area contributed by atoms with Gasteiger partial charge >= 0.3 is 0 Å². The van der Waals surface area contributed by atoms with E-state index in [1.165, 1.54) is 6.07 Å². The molecule has 2 aromatic heterocycles. The maximum Gasteiger partial charge on any atom is 0.170 e. The van der Waals surface area contributed by atoms with E-state index >= 15 is 0 Å². The van der Waals surface area contributed by atoms with Crippen LogP contribution in [0.3, 0.4) is 0 Å². The van der Waals surface area contributed by atoms with Gasteiger partial charge in [0.1, 0.15) is 5.82 Å². The number of aromatic nitrogens is 2. The normalized spacial score (nSPS) is 19.1. The number of nitrogens with one attached hydrogen (secondary N) is 1. The number of rotatable bonds is 5. The van der Waals surface area contributed by atoms with Crippen LogP contribution in [0.15, 0.2) is 60.9 Å². The Labute approximate surface area is 174 Å². The zero-order chi connectivity index (χ0) is 19.7. The second-order valence-corrected chi connectivity index (χ2v) is 7.52. The first-order valence-corrected chi connectivity index (χ1v) is 9.99. The smallest absolute Gasteiger partial charge is 0.170 e. The fourth-order valence-electron chi connectivity index (χ4n) is 3.71. The van der Waals surface area contributed by atoms with Gasteiger partial charge in [-0.15, -0.1) is 0 Å². The van der Waals surface area contributed by atoms with Crippen molar-refractivity contribution in [1.29, 1.82) is 0 Å². The number of hydrogen-bond acceptors (Lipinski definition) is 2. The zero-order valence-electron chi connectivity index (χ0n) is 15.3. The van der Waals surface area contributed by atoms with Crippen molar-refractivity contribution in [1.82, 2.24) is 19.8 Å². The van der Waals surface area contributed by atoms with Crippen molar-refractivity contribution < 1.29 is 4.39 Å². The molecule has 0 aliphatic carbocycles. The summed E-state index contributed by atoms with van der Waals surface area (Å²) in [6, 6.07) is 14.6. The molecule has 1 saturated heterocycles. The van der Waals surface area contributed by atoms with Crippen LogP contribution in [0.4, 0.5) is 4.39 Å². The van der Waals surface area contributed by atoms with E-state index in [4.69, 9.17) is 23.8 Å². The second kappa shape index (κ2) is 7.89. The number of pyridine rings is 1. The molecular weight excluding hydrogens is 395 g/mol. The Bertz CT molecular complexity index is 991. The number of benzene rings is 1. The molecule has 2 atom stereocenters. The third-order valence-corrected chi connectivity index (χ3v) is 5.57. The van der Waals surface area contributed by atoms with E-state index in [0.29, 0.717) is 5.11 Å². The molecular formula is C21H20ClFN4S. The van der Waals surface area contributed by atoms with E-state index in [2.05, 4.69) is 28.2 Å². The summed E-state index contributed by atoms with van der Waals surface area (Å²) in [4.78, 5) is 6.75. The summed E-state index contributed by atoms with van der Waals surface area (Å²) < 4.78 is 15.7. The van der Waals surface area contributed by atoms with Crippen LogP contribution in [-0.2, 0) is 0 Å². The summed E-state index contributed by atoms with van der Waals surface area (Å²) >= 11 is 11.7. The van der Waals surface area contributed by atoms with E-state index < -0.39 is 5.82 Å². The molecule has 1 N–H and O–H groups in total. The maximum absolute atomic E-state index is 13.7. The molecule has 1 aromatic carbocycles. The van der Waals surface area contributed by atoms with Gasteiger partial charge in [0.25, 0.3) is 0 Å². The van der Waals surface area contributed by atoms with Crippen molar-refractivity contribution in [2.75, 3.05) is 6.54 Å². The predicted octanol–water partition coefficient (Wildman–Crippen LogP) is 5.05. The lowest BCUT2D eigenvalue weighted by Crippen LogP contribution is -2.31. The molecule has 0 radical (unpaired) electrons. The fraction of sp³-hybridized carbons (Fsp3) is 0.238. The van der Waals surface area contributed by atoms with Crippen LogP contribution < -0.4 is 5.32 Å². The van der Waals surface area contributed by atoms with Gasteiger partial charge in [0.2, 0.25) is 0 Å². The summed E-state index contributed by atoms with van der Waals surface area (Å²) in [5.74, 6) is -0.429. The summed E-state index contributed by atoms with van der Waals surface area (Å²) in [7, 11) is 0. The van der Waals surface area contributed by atoms with Crippen LogP contribution in [-0.4, -0.2) is 26.1 Å². The standard InChI is InChI=1S/C21H20ClFN4S/c1-2-11-27-20(19(25-21(27)28)17-6-3-4-10-24-17)18-7-5-12-26(18)14-8-9-16(23)15(22)13-14/h3-10,12-13,19-20H,2,11H2,1H3,(H,25,28)/t19-,20-/m0/s1. The molecule has 3 aromatic rings. The minimum atomic E-state index is -0.429. The highest BCUT2D eigenvalue weighted by atomic mass is 35.5. The highest BCUT2D eigenvalue weighted by Crippen LogP contribution is 2.39. The quantitative estimate of drug-likeness (QED) is 0.592. The SMILES string of the molecule is CCCN1C(=S)N[C@@H](c2ccccn2)[C@@H]1c1cccn1-c1ccc(F)c(Cl)c1. The van der Waals surface area contributed by atoms with Gasteiger partial charge in [0, 0.05) is 30.3 Å². The Morgan fingerprint density at radius 1 is 1.21 bits per heavy atom. The van der Waals surface area contributed by atoms with Gasteiger partial charge in [0.05, 0.1) is 22.8 Å². The Morgan fingerprint density at radius 3 is 2.79 bits per heavy atom. The lowest BCUT2D eigenvalue weighted by molar-refractivity contribution is 0.309. The zero-order valence-corrected chi connectivity index (χ0v) is 16.9. The van der Waals surface area contributed by atoms with Gasteiger partial charge in [-0.05, 0) is 61.1 Å². The van der Waals surface area contributed by atoms with E-state index in [1.807, 2.05) is 35.0 Å². The van der Waals surface area contributed by atoms with Crippen molar-refractivity contribution in [2.45, 2.75) is 25.4 Å². The van der Waals surface area contributed by atoms with E-state index in [1.54, 1.807) is 18.3 Å². The molecule has 0 saturated carbocycles. The van der Waals surface area contributed by atoms with Gasteiger partial charge in [-0.3, -0.25) is 4.98 Å². The van der Waals surface area contributed by atoms with Crippen LogP contribution in [0, 0.1) is 5.82 Å². The minimum Gasteiger partial charge on any atom is -0.352 e. The lowest BCUT2D eigenvalue weighted by Gasteiger charge is -2.28. The van der Waals surface area contributed by atoms with Crippen molar-refractivity contribution in [3.63, 3.8) is 0 Å². The average molecular weight is 415 g/mol. The highest BCUT2D eigenvalue weighted by molar-refractivity contribution is 7.80. The molecule has 1 fully saturated rings. The Balaban J connectivity index is 1.81. The molecule has 7 heteroatoms. The van der Waals surface area contributed by atoms with Crippen molar-refractivity contribution in [3.8, 4) is 5.69 Å². The molecule has 4 nitrogen and oxygen atoms in total. The first-order chi connectivity index (χ1) is 13.6. The van der Waals surface area contributed by atoms with Crippen molar-refractivity contribution >= 4 is 28.9 Å². The molecule has 0 spiro atoms. The van der Waals surface area contributed by atoms with Crippen molar-refractivity contribution in [3.05, 3.63) is 83.2 Å². The molecule has 0 bridgehead atoms. The first kappa shape index (κ1) is 18.9. The third-order valence-electron chi connectivity index (χ3n) is 4.93. The number of thiocarbonyl (C=S) groups is 1. The van der Waals surface area contributed by atoms with E-state index in [-0.39, 0.29) is 17.1 Å². The Morgan fingerprint density at radius 2 is 2.07 bits per heavy atom. The first-order valence-electron chi connectivity index (χ1n) is 9.21. The fourth-order valence-corrected chi connectivity index (χ4v) is 4.22. The van der Waals surface area contributed by atoms with Gasteiger partial charge in [0.15, 0.2) is 5.11 Å². The average Bonchev–Trinajstić information content (AvgIpc) is 3.30. The molecule has 4 rings (SSSR count). The topological polar surface area (TPSA) is 33.1 Å². The molecule has 3 heterocycles. The molecule has 1 aliphatic heterocycles. The summed E-state index contributed by atoms with van der Waals surface area (Å²) in [5, 5.41) is 4.25. The largest absolute Gasteiger partial charge is 0.352 e. The molecule has 0 amide bonds. The van der Waals surface area contributed by atoms with Crippen LogP contribution >= 0.6 is 23.8 Å². The van der Waals surface area contributed by atoms with Gasteiger partial charge < -0.3 is 14.8 Å². The molecule has 144 valence electrons. The predicted molar refractivity (Wildman–Crippen MR) is 113 cm³/mol. The van der Waals surface area contributed by atoms with E-state index in [0.717, 1.165) is 30.0 Å². The molecule has 0 unspecified atom stereocenters. The van der Waals surface area contributed by atoms with Crippen LogP contribution in [0.25, 0.3) is 5.69 Å². The lowest BCUT2D eigenvalue weighted by atomic mass is 10.0. The molecule has 28 heavy (non-hydrogen) atoms. The van der Waals surface area contributed by atoms with Crippen molar-refractivity contribution in [2.24, 2.45) is 0 Å². The Kier molecular flexibility index (Phi) is 5.33. The number of nitrogens with zero attached hydrogens (tertiary/aromatic N) is 3.